The normalized spacial score (nSPS) is 10.2. The van der Waals surface area contributed by atoms with Gasteiger partial charge in [-0.15, -0.1) is 12.6 Å². The first kappa shape index (κ1) is 14.4. The summed E-state index contributed by atoms with van der Waals surface area (Å²) in [6.07, 6.45) is 0. The molecular formula is C12H8N2O4S2. The van der Waals surface area contributed by atoms with Gasteiger partial charge >= 0.3 is 0 Å². The molecule has 102 valence electrons. The van der Waals surface area contributed by atoms with Crippen LogP contribution in [0.5, 0.6) is 0 Å². The lowest BCUT2D eigenvalue weighted by Crippen LogP contribution is -1.94. The molecule has 20 heavy (non-hydrogen) atoms. The summed E-state index contributed by atoms with van der Waals surface area (Å²) in [4.78, 5) is 21.8. The molecule has 0 aliphatic heterocycles. The van der Waals surface area contributed by atoms with Crippen molar-refractivity contribution in [2.75, 3.05) is 0 Å². The molecule has 0 heterocycles. The van der Waals surface area contributed by atoms with Gasteiger partial charge in [0.25, 0.3) is 11.4 Å². The SMILES string of the molecule is O=[N+]([O-])c1ccccc1Sc1cccc(S)c1[N+](=O)[O-]. The zero-order valence-corrected chi connectivity index (χ0v) is 11.6. The van der Waals surface area contributed by atoms with Gasteiger partial charge in [-0.3, -0.25) is 20.2 Å². The van der Waals surface area contributed by atoms with Gasteiger partial charge in [0.1, 0.15) is 0 Å². The van der Waals surface area contributed by atoms with Crippen LogP contribution in [0.3, 0.4) is 0 Å². The first-order chi connectivity index (χ1) is 9.50. The lowest BCUT2D eigenvalue weighted by atomic mass is 10.3. The van der Waals surface area contributed by atoms with Crippen LogP contribution >= 0.6 is 24.4 Å². The highest BCUT2D eigenvalue weighted by atomic mass is 32.2. The highest BCUT2D eigenvalue weighted by Gasteiger charge is 2.21. The van der Waals surface area contributed by atoms with Crippen molar-refractivity contribution in [2.45, 2.75) is 14.7 Å². The zero-order valence-electron chi connectivity index (χ0n) is 9.92. The minimum absolute atomic E-state index is 0.0867. The van der Waals surface area contributed by atoms with Crippen LogP contribution in [0.2, 0.25) is 0 Å². The maximum Gasteiger partial charge on any atom is 0.296 e. The Morgan fingerprint density at radius 3 is 2.20 bits per heavy atom. The number of benzene rings is 2. The quantitative estimate of drug-likeness (QED) is 0.525. The largest absolute Gasteiger partial charge is 0.296 e. The van der Waals surface area contributed by atoms with Crippen LogP contribution < -0.4 is 0 Å². The topological polar surface area (TPSA) is 86.3 Å². The van der Waals surface area contributed by atoms with Gasteiger partial charge in [0.05, 0.1) is 24.5 Å². The molecule has 0 radical (unpaired) electrons. The summed E-state index contributed by atoms with van der Waals surface area (Å²) in [5.41, 5.74) is -0.240. The molecular weight excluding hydrogens is 300 g/mol. The second-order valence-corrected chi connectivity index (χ2v) is 5.27. The Kier molecular flexibility index (Phi) is 4.26. The third kappa shape index (κ3) is 2.91. The summed E-state index contributed by atoms with van der Waals surface area (Å²) in [6.45, 7) is 0. The fourth-order valence-electron chi connectivity index (χ4n) is 1.59. The van der Waals surface area contributed by atoms with Crippen LogP contribution in [0.25, 0.3) is 0 Å². The Labute approximate surface area is 123 Å². The predicted octanol–water partition coefficient (Wildman–Crippen LogP) is 3.94. The summed E-state index contributed by atoms with van der Waals surface area (Å²) in [7, 11) is 0. The van der Waals surface area contributed by atoms with E-state index in [0.29, 0.717) is 9.79 Å². The lowest BCUT2D eigenvalue weighted by Gasteiger charge is -2.05. The summed E-state index contributed by atoms with van der Waals surface area (Å²) in [6, 6.07) is 10.8. The fraction of sp³-hybridized carbons (Fsp3) is 0. The van der Waals surface area contributed by atoms with Gasteiger partial charge < -0.3 is 0 Å². The average molecular weight is 308 g/mol. The fourth-order valence-corrected chi connectivity index (χ4v) is 3.01. The maximum absolute atomic E-state index is 11.1. The predicted molar refractivity (Wildman–Crippen MR) is 77.6 cm³/mol. The minimum Gasteiger partial charge on any atom is -0.258 e. The van der Waals surface area contributed by atoms with Crippen molar-refractivity contribution in [1.29, 1.82) is 0 Å². The minimum atomic E-state index is -0.542. The number of para-hydroxylation sites is 2. The standard InChI is InChI=1S/C12H8N2O4S2/c15-13(16)8-4-1-2-6-10(8)20-11-7-3-5-9(19)12(11)14(17)18/h1-7,19H. The summed E-state index contributed by atoms with van der Waals surface area (Å²) in [5, 5.41) is 22.0. The monoisotopic (exact) mass is 308 g/mol. The Hall–Kier alpha value is -2.06. The maximum atomic E-state index is 11.1. The third-order valence-electron chi connectivity index (χ3n) is 2.44. The summed E-state index contributed by atoms with van der Waals surface area (Å²) in [5.74, 6) is 0. The van der Waals surface area contributed by atoms with E-state index in [-0.39, 0.29) is 16.3 Å². The van der Waals surface area contributed by atoms with E-state index < -0.39 is 9.85 Å². The van der Waals surface area contributed by atoms with Crippen LogP contribution in [0.1, 0.15) is 0 Å². The van der Waals surface area contributed by atoms with Gasteiger partial charge in [-0.05, 0) is 18.2 Å². The number of hydrogen-bond acceptors (Lipinski definition) is 6. The number of hydrogen-bond donors (Lipinski definition) is 1. The van der Waals surface area contributed by atoms with Crippen molar-refractivity contribution in [3.05, 3.63) is 62.7 Å². The van der Waals surface area contributed by atoms with Gasteiger partial charge in [0.15, 0.2) is 0 Å². The molecule has 0 saturated carbocycles. The van der Waals surface area contributed by atoms with Crippen LogP contribution in [-0.4, -0.2) is 9.85 Å². The van der Waals surface area contributed by atoms with E-state index >= 15 is 0 Å². The molecule has 0 aliphatic carbocycles. The molecule has 2 aromatic rings. The second kappa shape index (κ2) is 5.93. The van der Waals surface area contributed by atoms with E-state index in [1.165, 1.54) is 12.1 Å². The Bertz CT molecular complexity index is 691. The molecule has 2 aromatic carbocycles. The Balaban J connectivity index is 2.49. The smallest absolute Gasteiger partial charge is 0.258 e. The molecule has 2 rings (SSSR count). The number of nitro groups is 2. The molecule has 0 N–H and O–H groups in total. The van der Waals surface area contributed by atoms with Crippen molar-refractivity contribution in [1.82, 2.24) is 0 Å². The zero-order chi connectivity index (χ0) is 14.7. The highest BCUT2D eigenvalue weighted by molar-refractivity contribution is 7.99. The number of thiol groups is 1. The van der Waals surface area contributed by atoms with E-state index in [4.69, 9.17) is 0 Å². The number of rotatable bonds is 4. The van der Waals surface area contributed by atoms with E-state index in [9.17, 15) is 20.2 Å². The van der Waals surface area contributed by atoms with E-state index in [0.717, 1.165) is 11.8 Å². The third-order valence-corrected chi connectivity index (χ3v) is 3.92. The molecule has 0 saturated heterocycles. The van der Waals surface area contributed by atoms with Gasteiger partial charge in [-0.2, -0.15) is 0 Å². The average Bonchev–Trinajstić information content (AvgIpc) is 2.38. The molecule has 0 atom stereocenters. The molecule has 0 unspecified atom stereocenters. The highest BCUT2D eigenvalue weighted by Crippen LogP contribution is 2.41. The molecule has 0 spiro atoms. The molecule has 0 bridgehead atoms. The first-order valence-corrected chi connectivity index (χ1v) is 6.64. The van der Waals surface area contributed by atoms with Crippen molar-refractivity contribution in [2.24, 2.45) is 0 Å². The molecule has 0 aromatic heterocycles. The number of nitrogens with zero attached hydrogens (tertiary/aromatic N) is 2. The van der Waals surface area contributed by atoms with Crippen LogP contribution in [0.4, 0.5) is 11.4 Å². The van der Waals surface area contributed by atoms with Gasteiger partial charge in [0, 0.05) is 6.07 Å². The molecule has 0 amide bonds. The Morgan fingerprint density at radius 2 is 1.55 bits per heavy atom. The van der Waals surface area contributed by atoms with E-state index in [2.05, 4.69) is 12.6 Å². The molecule has 8 heteroatoms. The van der Waals surface area contributed by atoms with E-state index in [1.807, 2.05) is 0 Å². The summed E-state index contributed by atoms with van der Waals surface area (Å²) < 4.78 is 0. The van der Waals surface area contributed by atoms with Crippen molar-refractivity contribution in [3.8, 4) is 0 Å². The lowest BCUT2D eigenvalue weighted by molar-refractivity contribution is -0.390. The van der Waals surface area contributed by atoms with Crippen LogP contribution in [-0.2, 0) is 0 Å². The van der Waals surface area contributed by atoms with Crippen LogP contribution in [0, 0.1) is 20.2 Å². The van der Waals surface area contributed by atoms with Crippen LogP contribution in [0.15, 0.2) is 57.2 Å². The molecule has 6 nitrogen and oxygen atoms in total. The molecule has 0 aliphatic rings. The van der Waals surface area contributed by atoms with Gasteiger partial charge in [-0.25, -0.2) is 0 Å². The first-order valence-electron chi connectivity index (χ1n) is 5.38. The van der Waals surface area contributed by atoms with Gasteiger partial charge in [0.2, 0.25) is 0 Å². The van der Waals surface area contributed by atoms with Gasteiger partial charge in [-0.1, -0.05) is 30.0 Å². The van der Waals surface area contributed by atoms with Crippen molar-refractivity contribution >= 4 is 35.8 Å². The van der Waals surface area contributed by atoms with E-state index in [1.54, 1.807) is 30.3 Å². The van der Waals surface area contributed by atoms with Crippen molar-refractivity contribution in [3.63, 3.8) is 0 Å². The number of nitro benzene ring substituents is 2. The molecule has 0 fully saturated rings. The Morgan fingerprint density at radius 1 is 0.900 bits per heavy atom. The summed E-state index contributed by atoms with van der Waals surface area (Å²) >= 11 is 5.03. The second-order valence-electron chi connectivity index (χ2n) is 3.71. The van der Waals surface area contributed by atoms with Crippen molar-refractivity contribution < 1.29 is 9.85 Å².